The summed E-state index contributed by atoms with van der Waals surface area (Å²) < 4.78 is 8.35. The van der Waals surface area contributed by atoms with Gasteiger partial charge < -0.3 is 19.1 Å². The minimum absolute atomic E-state index is 0.489. The van der Waals surface area contributed by atoms with Crippen LogP contribution in [0.2, 0.25) is 0 Å². The number of para-hydroxylation sites is 1. The van der Waals surface area contributed by atoms with Crippen LogP contribution < -0.4 is 20.0 Å². The molecule has 41 heavy (non-hydrogen) atoms. The van der Waals surface area contributed by atoms with Gasteiger partial charge in [0.15, 0.2) is 0 Å². The predicted octanol–water partition coefficient (Wildman–Crippen LogP) is 5.95. The minimum Gasteiger partial charge on any atom is -0.491 e. The van der Waals surface area contributed by atoms with Crippen LogP contribution >= 0.6 is 0 Å². The summed E-state index contributed by atoms with van der Waals surface area (Å²) in [6.45, 7) is 9.45. The Morgan fingerprint density at radius 2 is 1.54 bits per heavy atom. The highest BCUT2D eigenvalue weighted by Crippen LogP contribution is 2.24. The van der Waals surface area contributed by atoms with E-state index in [1.807, 2.05) is 6.21 Å². The first kappa shape index (κ1) is 27.1. The molecule has 2 fully saturated rings. The van der Waals surface area contributed by atoms with Crippen molar-refractivity contribution in [1.29, 1.82) is 0 Å². The molecule has 1 N–H and O–H groups in total. The molecule has 2 aliphatic heterocycles. The summed E-state index contributed by atoms with van der Waals surface area (Å²) in [4.78, 5) is 19.0. The number of ether oxygens (including phenoxy) is 1. The molecule has 0 amide bonds. The second-order valence-corrected chi connectivity index (χ2v) is 11.1. The molecule has 6 rings (SSSR count). The molecule has 0 spiro atoms. The van der Waals surface area contributed by atoms with E-state index in [2.05, 4.69) is 87.4 Å². The van der Waals surface area contributed by atoms with Crippen LogP contribution in [0.1, 0.15) is 55.2 Å². The van der Waals surface area contributed by atoms with Gasteiger partial charge in [0.2, 0.25) is 17.8 Å². The Balaban J connectivity index is 1.19. The van der Waals surface area contributed by atoms with Gasteiger partial charge in [-0.1, -0.05) is 35.9 Å². The first-order valence-corrected chi connectivity index (χ1v) is 15.0. The van der Waals surface area contributed by atoms with Crippen molar-refractivity contribution in [3.63, 3.8) is 0 Å². The minimum atomic E-state index is 0.489. The number of nitrogens with one attached hydrogen (secondary N) is 1. The Hall–Kier alpha value is -4.14. The van der Waals surface area contributed by atoms with Crippen LogP contribution in [0.4, 0.5) is 17.8 Å². The van der Waals surface area contributed by atoms with Crippen molar-refractivity contribution >= 4 is 35.0 Å². The van der Waals surface area contributed by atoms with E-state index in [0.29, 0.717) is 12.6 Å². The van der Waals surface area contributed by atoms with Crippen LogP contribution in [-0.2, 0) is 6.54 Å². The Morgan fingerprint density at radius 3 is 2.22 bits per heavy atom. The topological polar surface area (TPSA) is 83.7 Å². The van der Waals surface area contributed by atoms with Crippen molar-refractivity contribution in [1.82, 2.24) is 19.5 Å². The number of rotatable bonds is 9. The Kier molecular flexibility index (Phi) is 8.30. The molecule has 214 valence electrons. The fourth-order valence-corrected chi connectivity index (χ4v) is 5.81. The molecule has 2 aromatic heterocycles. The van der Waals surface area contributed by atoms with Crippen LogP contribution in [-0.4, -0.2) is 58.5 Å². The highest BCUT2D eigenvalue weighted by Gasteiger charge is 2.20. The number of nitrogens with zero attached hydrogens (tertiary/aromatic N) is 7. The molecular weight excluding hydrogens is 512 g/mol. The van der Waals surface area contributed by atoms with Crippen molar-refractivity contribution in [3.05, 3.63) is 65.4 Å². The molecule has 0 bridgehead atoms. The maximum absolute atomic E-state index is 6.12. The first-order valence-electron chi connectivity index (χ1n) is 15.0. The fraction of sp³-hybridized carbons (Fsp3) is 0.438. The van der Waals surface area contributed by atoms with Crippen molar-refractivity contribution in [2.45, 2.75) is 58.9 Å². The summed E-state index contributed by atoms with van der Waals surface area (Å²) in [5.74, 6) is 2.92. The van der Waals surface area contributed by atoms with Crippen molar-refractivity contribution < 1.29 is 4.74 Å². The van der Waals surface area contributed by atoms with E-state index in [9.17, 15) is 0 Å². The largest absolute Gasteiger partial charge is 0.491 e. The third-order valence-electron chi connectivity index (χ3n) is 8.00. The molecule has 4 aromatic rings. The molecule has 2 aliphatic rings. The van der Waals surface area contributed by atoms with E-state index >= 15 is 0 Å². The lowest BCUT2D eigenvalue weighted by molar-refractivity contribution is 0.298. The van der Waals surface area contributed by atoms with E-state index in [1.165, 1.54) is 44.1 Å². The van der Waals surface area contributed by atoms with Gasteiger partial charge in [0, 0.05) is 48.8 Å². The number of aryl methyl sites for hydroxylation is 2. The van der Waals surface area contributed by atoms with E-state index in [1.54, 1.807) is 0 Å². The second kappa shape index (κ2) is 12.6. The molecule has 0 unspecified atom stereocenters. The lowest BCUT2D eigenvalue weighted by Gasteiger charge is -2.30. The molecule has 0 atom stereocenters. The summed E-state index contributed by atoms with van der Waals surface area (Å²) >= 11 is 0. The molecule has 0 radical (unpaired) electrons. The molecular formula is C32H40N8O. The zero-order valence-corrected chi connectivity index (χ0v) is 24.2. The van der Waals surface area contributed by atoms with E-state index in [4.69, 9.17) is 19.7 Å². The highest BCUT2D eigenvalue weighted by atomic mass is 16.5. The van der Waals surface area contributed by atoms with Gasteiger partial charge in [-0.25, -0.2) is 5.43 Å². The summed E-state index contributed by atoms with van der Waals surface area (Å²) in [5, 5.41) is 5.73. The third kappa shape index (κ3) is 6.45. The molecule has 9 nitrogen and oxygen atoms in total. The maximum atomic E-state index is 6.12. The average molecular weight is 553 g/mol. The number of aromatic nitrogens is 4. The van der Waals surface area contributed by atoms with Crippen molar-refractivity contribution in [2.24, 2.45) is 5.10 Å². The smallest absolute Gasteiger partial charge is 0.250 e. The second-order valence-electron chi connectivity index (χ2n) is 11.1. The van der Waals surface area contributed by atoms with Crippen LogP contribution in [0.15, 0.2) is 53.8 Å². The van der Waals surface area contributed by atoms with Crippen LogP contribution in [0, 0.1) is 13.8 Å². The summed E-state index contributed by atoms with van der Waals surface area (Å²) in [6, 6.07) is 14.7. The van der Waals surface area contributed by atoms with Gasteiger partial charge in [-0.2, -0.15) is 20.1 Å². The van der Waals surface area contributed by atoms with Gasteiger partial charge in [0.05, 0.1) is 12.8 Å². The Bertz CT molecular complexity index is 1460. The summed E-state index contributed by atoms with van der Waals surface area (Å²) in [6.07, 6.45) is 11.2. The quantitative estimate of drug-likeness (QED) is 0.203. The summed E-state index contributed by atoms with van der Waals surface area (Å²) in [5.41, 5.74) is 7.70. The third-order valence-corrected chi connectivity index (χ3v) is 8.00. The molecule has 2 saturated heterocycles. The lowest BCUT2D eigenvalue weighted by atomic mass is 10.1. The SMILES string of the molecule is Cc1ccc(OCCn2cc(/C=N\Nc3nc(N4CCCCC4)nc(N4CCCCC4)n3)c3ccccc32)c(C)c1. The Labute approximate surface area is 242 Å². The monoisotopic (exact) mass is 552 g/mol. The summed E-state index contributed by atoms with van der Waals surface area (Å²) in [7, 11) is 0. The highest BCUT2D eigenvalue weighted by molar-refractivity contribution is 5.99. The fourth-order valence-electron chi connectivity index (χ4n) is 5.81. The number of hydrazone groups is 1. The number of benzene rings is 2. The molecule has 4 heterocycles. The van der Waals surface area contributed by atoms with Crippen LogP contribution in [0.25, 0.3) is 10.9 Å². The van der Waals surface area contributed by atoms with Crippen LogP contribution in [0.5, 0.6) is 5.75 Å². The van der Waals surface area contributed by atoms with Crippen molar-refractivity contribution in [3.8, 4) is 5.75 Å². The van der Waals surface area contributed by atoms with Gasteiger partial charge in [0.1, 0.15) is 12.4 Å². The number of hydrogen-bond donors (Lipinski definition) is 1. The Morgan fingerprint density at radius 1 is 0.854 bits per heavy atom. The first-order chi connectivity index (χ1) is 20.1. The zero-order chi connectivity index (χ0) is 28.0. The molecule has 0 saturated carbocycles. The van der Waals surface area contributed by atoms with E-state index in [0.717, 1.165) is 72.4 Å². The lowest BCUT2D eigenvalue weighted by Crippen LogP contribution is -2.34. The molecule has 0 aliphatic carbocycles. The number of anilines is 3. The van der Waals surface area contributed by atoms with Gasteiger partial charge in [-0.15, -0.1) is 0 Å². The normalized spacial score (nSPS) is 16.0. The predicted molar refractivity (Wildman–Crippen MR) is 167 cm³/mol. The number of piperidine rings is 2. The van der Waals surface area contributed by atoms with E-state index < -0.39 is 0 Å². The van der Waals surface area contributed by atoms with Gasteiger partial charge >= 0.3 is 0 Å². The average Bonchev–Trinajstić information content (AvgIpc) is 3.36. The number of hydrogen-bond acceptors (Lipinski definition) is 8. The van der Waals surface area contributed by atoms with Gasteiger partial charge in [-0.05, 0) is 70.1 Å². The van der Waals surface area contributed by atoms with Crippen LogP contribution in [0.3, 0.4) is 0 Å². The maximum Gasteiger partial charge on any atom is 0.250 e. The molecule has 2 aromatic carbocycles. The zero-order valence-electron chi connectivity index (χ0n) is 24.2. The van der Waals surface area contributed by atoms with E-state index in [-0.39, 0.29) is 0 Å². The van der Waals surface area contributed by atoms with Crippen molar-refractivity contribution in [2.75, 3.05) is 48.0 Å². The molecule has 9 heteroatoms. The standard InChI is InChI=1S/C32H40N8O/c1-24-13-14-29(25(2)21-24)41-20-19-40-23-26(27-11-5-6-12-28(27)40)22-33-37-30-34-31(38-15-7-3-8-16-38)36-32(35-30)39-17-9-4-10-18-39/h5-6,11-14,21-23H,3-4,7-10,15-20H2,1-2H3,(H,34,35,36,37)/b33-22-. The van der Waals surface area contributed by atoms with Gasteiger partial charge in [-0.3, -0.25) is 0 Å². The van der Waals surface area contributed by atoms with Gasteiger partial charge in [0.25, 0.3) is 0 Å². The number of fused-ring (bicyclic) bond motifs is 1.